The van der Waals surface area contributed by atoms with E-state index >= 15 is 0 Å². The van der Waals surface area contributed by atoms with Crippen molar-refractivity contribution in [3.8, 4) is 44.5 Å². The molecule has 0 bridgehead atoms. The molecule has 1 heterocycles. The third-order valence-corrected chi connectivity index (χ3v) is 12.4. The summed E-state index contributed by atoms with van der Waals surface area (Å²) in [4.78, 5) is 2.38. The van der Waals surface area contributed by atoms with Crippen molar-refractivity contribution >= 4 is 71.3 Å². The molecule has 0 N–H and O–H groups in total. The van der Waals surface area contributed by atoms with Crippen LogP contribution in [-0.2, 0) is 0 Å². The fraction of sp³-hybridized carbons (Fsp3) is 0. The first-order chi connectivity index (χ1) is 30.7. The molecule has 0 fully saturated rings. The van der Waals surface area contributed by atoms with Crippen molar-refractivity contribution in [1.29, 1.82) is 0 Å². The lowest BCUT2D eigenvalue weighted by Gasteiger charge is -2.27. The van der Waals surface area contributed by atoms with Gasteiger partial charge >= 0.3 is 0 Å². The number of nitrogens with zero attached hydrogens (tertiary/aromatic N) is 1. The molecule has 290 valence electrons. The molecule has 1 aromatic heterocycles. The molecule has 0 radical (unpaired) electrons. The summed E-state index contributed by atoms with van der Waals surface area (Å²) in [7, 11) is 0. The molecule has 0 aliphatic rings. The molecule has 11 aromatic carbocycles. The highest BCUT2D eigenvalue weighted by Gasteiger charge is 2.18. The van der Waals surface area contributed by atoms with Crippen molar-refractivity contribution in [2.45, 2.75) is 0 Å². The first kappa shape index (κ1) is 35.7. The SMILES string of the molecule is c1cc(-c2ccc(N(c3cccc(-c4ccc5ccccc5c4)c3)c3cccc(-c4cccc5oc6c7ccccc7ccc6c45)c3)cc2)cc(-c2ccc3ccccc3c2)c1. The van der Waals surface area contributed by atoms with Gasteiger partial charge in [0.15, 0.2) is 0 Å². The lowest BCUT2D eigenvalue weighted by atomic mass is 9.96. The second kappa shape index (κ2) is 14.8. The van der Waals surface area contributed by atoms with Gasteiger partial charge in [0.05, 0.1) is 0 Å². The Labute approximate surface area is 360 Å². The van der Waals surface area contributed by atoms with Crippen LogP contribution in [-0.4, -0.2) is 0 Å². The van der Waals surface area contributed by atoms with Crippen LogP contribution in [0.1, 0.15) is 0 Å². The molecule has 2 nitrogen and oxygen atoms in total. The van der Waals surface area contributed by atoms with E-state index in [-0.39, 0.29) is 0 Å². The molecule has 0 amide bonds. The van der Waals surface area contributed by atoms with Crippen LogP contribution in [0.3, 0.4) is 0 Å². The molecule has 0 saturated carbocycles. The highest BCUT2D eigenvalue weighted by Crippen LogP contribution is 2.43. The summed E-state index contributed by atoms with van der Waals surface area (Å²) in [6.45, 7) is 0. The van der Waals surface area contributed by atoms with E-state index in [9.17, 15) is 0 Å². The number of benzene rings is 11. The second-order valence-corrected chi connectivity index (χ2v) is 16.1. The molecule has 0 atom stereocenters. The fourth-order valence-electron chi connectivity index (χ4n) is 9.30. The molecule has 12 aromatic rings. The van der Waals surface area contributed by atoms with Crippen molar-refractivity contribution in [2.75, 3.05) is 4.90 Å². The van der Waals surface area contributed by atoms with Crippen molar-refractivity contribution in [2.24, 2.45) is 0 Å². The average Bonchev–Trinajstić information content (AvgIpc) is 3.74. The number of rotatable bonds is 7. The van der Waals surface area contributed by atoms with Crippen LogP contribution in [0.25, 0.3) is 98.8 Å². The zero-order valence-corrected chi connectivity index (χ0v) is 33.9. The predicted molar refractivity (Wildman–Crippen MR) is 263 cm³/mol. The molecule has 12 rings (SSSR count). The Morgan fingerprint density at radius 2 is 0.774 bits per heavy atom. The van der Waals surface area contributed by atoms with Crippen LogP contribution in [0.5, 0.6) is 0 Å². The van der Waals surface area contributed by atoms with Gasteiger partial charge in [-0.05, 0) is 138 Å². The largest absolute Gasteiger partial charge is 0.455 e. The Balaban J connectivity index is 0.972. The summed E-state index contributed by atoms with van der Waals surface area (Å²) in [5.74, 6) is 0. The first-order valence-electron chi connectivity index (χ1n) is 21.2. The van der Waals surface area contributed by atoms with Crippen molar-refractivity contribution < 1.29 is 4.42 Å². The maximum absolute atomic E-state index is 6.61. The predicted octanol–water partition coefficient (Wildman–Crippen LogP) is 17.2. The number of furan rings is 1. The summed E-state index contributed by atoms with van der Waals surface area (Å²) in [6, 6.07) is 85.6. The lowest BCUT2D eigenvalue weighted by molar-refractivity contribution is 0.673. The van der Waals surface area contributed by atoms with Gasteiger partial charge in [0.25, 0.3) is 0 Å². The molecule has 0 aliphatic heterocycles. The Hall–Kier alpha value is -8.20. The molecular formula is C60H39NO. The van der Waals surface area contributed by atoms with Gasteiger partial charge in [-0.25, -0.2) is 0 Å². The monoisotopic (exact) mass is 789 g/mol. The van der Waals surface area contributed by atoms with Gasteiger partial charge in [0.1, 0.15) is 11.2 Å². The third-order valence-electron chi connectivity index (χ3n) is 12.4. The molecule has 0 aliphatic carbocycles. The topological polar surface area (TPSA) is 16.4 Å². The first-order valence-corrected chi connectivity index (χ1v) is 21.2. The lowest BCUT2D eigenvalue weighted by Crippen LogP contribution is -2.10. The van der Waals surface area contributed by atoms with Crippen LogP contribution in [0.2, 0.25) is 0 Å². The molecule has 0 unspecified atom stereocenters. The molecule has 0 saturated heterocycles. The van der Waals surface area contributed by atoms with E-state index in [0.717, 1.165) is 55.5 Å². The summed E-state index contributed by atoms with van der Waals surface area (Å²) >= 11 is 0. The highest BCUT2D eigenvalue weighted by molar-refractivity contribution is 6.19. The van der Waals surface area contributed by atoms with Crippen LogP contribution < -0.4 is 4.90 Å². The Kier molecular flexibility index (Phi) is 8.53. The second-order valence-electron chi connectivity index (χ2n) is 16.1. The third kappa shape index (κ3) is 6.29. The van der Waals surface area contributed by atoms with Crippen molar-refractivity contribution in [3.63, 3.8) is 0 Å². The summed E-state index contributed by atoms with van der Waals surface area (Å²) in [6.07, 6.45) is 0. The fourth-order valence-corrected chi connectivity index (χ4v) is 9.30. The van der Waals surface area contributed by atoms with Gasteiger partial charge in [0, 0.05) is 33.2 Å². The van der Waals surface area contributed by atoms with E-state index in [1.165, 1.54) is 60.3 Å². The maximum Gasteiger partial charge on any atom is 0.143 e. The minimum Gasteiger partial charge on any atom is -0.455 e. The Morgan fingerprint density at radius 3 is 1.47 bits per heavy atom. The van der Waals surface area contributed by atoms with Gasteiger partial charge in [-0.1, -0.05) is 170 Å². The van der Waals surface area contributed by atoms with E-state index in [4.69, 9.17) is 4.42 Å². The number of hydrogen-bond acceptors (Lipinski definition) is 2. The van der Waals surface area contributed by atoms with E-state index in [2.05, 4.69) is 241 Å². The average molecular weight is 790 g/mol. The normalized spacial score (nSPS) is 11.5. The quantitative estimate of drug-likeness (QED) is 0.160. The van der Waals surface area contributed by atoms with Crippen molar-refractivity contribution in [1.82, 2.24) is 0 Å². The van der Waals surface area contributed by atoms with Gasteiger partial charge < -0.3 is 9.32 Å². The van der Waals surface area contributed by atoms with E-state index < -0.39 is 0 Å². The van der Waals surface area contributed by atoms with Crippen LogP contribution >= 0.6 is 0 Å². The molecular weight excluding hydrogens is 751 g/mol. The smallest absolute Gasteiger partial charge is 0.143 e. The molecule has 0 spiro atoms. The van der Waals surface area contributed by atoms with Gasteiger partial charge in [0.2, 0.25) is 0 Å². The van der Waals surface area contributed by atoms with Crippen LogP contribution in [0.4, 0.5) is 17.1 Å². The maximum atomic E-state index is 6.61. The zero-order valence-electron chi connectivity index (χ0n) is 33.9. The minimum absolute atomic E-state index is 0.888. The summed E-state index contributed by atoms with van der Waals surface area (Å²) in [5.41, 5.74) is 14.4. The number of fused-ring (bicyclic) bond motifs is 7. The van der Waals surface area contributed by atoms with Gasteiger partial charge in [-0.3, -0.25) is 0 Å². The van der Waals surface area contributed by atoms with Crippen LogP contribution in [0.15, 0.2) is 241 Å². The van der Waals surface area contributed by atoms with E-state index in [1.54, 1.807) is 0 Å². The van der Waals surface area contributed by atoms with E-state index in [1.807, 2.05) is 0 Å². The standard InChI is InChI=1S/C60H39NO/c1-3-14-44-36-49(27-25-40(44)11-1)47-17-7-16-46(35-47)42-29-32-52(33-30-42)61(53-20-8-18-48(38-53)50-28-26-41-12-2-4-15-45(41)37-50)54-21-9-19-51(39-54)55-23-10-24-58-59(55)57-34-31-43-13-5-6-22-56(43)60(57)62-58/h1-39H. The highest BCUT2D eigenvalue weighted by atomic mass is 16.3. The summed E-state index contributed by atoms with van der Waals surface area (Å²) < 4.78 is 6.61. The Bertz CT molecular complexity index is 3650. The zero-order chi connectivity index (χ0) is 41.0. The van der Waals surface area contributed by atoms with E-state index in [0.29, 0.717) is 0 Å². The van der Waals surface area contributed by atoms with Crippen LogP contribution in [0, 0.1) is 0 Å². The minimum atomic E-state index is 0.888. The molecule has 2 heteroatoms. The summed E-state index contributed by atoms with van der Waals surface area (Å²) in [5, 5.41) is 9.52. The molecule has 62 heavy (non-hydrogen) atoms. The van der Waals surface area contributed by atoms with Gasteiger partial charge in [-0.2, -0.15) is 0 Å². The Morgan fingerprint density at radius 1 is 0.274 bits per heavy atom. The number of hydrogen-bond donors (Lipinski definition) is 0. The van der Waals surface area contributed by atoms with Gasteiger partial charge in [-0.15, -0.1) is 0 Å². The number of anilines is 3. The van der Waals surface area contributed by atoms with Crippen molar-refractivity contribution in [3.05, 3.63) is 237 Å².